The van der Waals surface area contributed by atoms with Gasteiger partial charge in [0.25, 0.3) is 0 Å². The molecule has 0 amide bonds. The SMILES string of the molecule is C[SiH](C)OCC(c1csc(N)n1)C(C)(C)C. The van der Waals surface area contributed by atoms with Crippen LogP contribution in [0.4, 0.5) is 5.13 Å². The van der Waals surface area contributed by atoms with Crippen LogP contribution in [0.25, 0.3) is 0 Å². The van der Waals surface area contributed by atoms with Crippen molar-refractivity contribution in [2.45, 2.75) is 39.8 Å². The third kappa shape index (κ3) is 3.88. The molecule has 1 aromatic heterocycles. The number of nitrogen functional groups attached to an aromatic ring is 1. The minimum absolute atomic E-state index is 0.157. The Bertz CT molecular complexity index is 333. The van der Waals surface area contributed by atoms with Gasteiger partial charge in [-0.3, -0.25) is 0 Å². The number of hydrogen-bond donors (Lipinski definition) is 1. The van der Waals surface area contributed by atoms with E-state index < -0.39 is 9.04 Å². The smallest absolute Gasteiger partial charge is 0.180 e. The summed E-state index contributed by atoms with van der Waals surface area (Å²) in [5.74, 6) is 0.330. The molecule has 0 saturated heterocycles. The predicted molar refractivity (Wildman–Crippen MR) is 73.6 cm³/mol. The van der Waals surface area contributed by atoms with Crippen molar-refractivity contribution < 1.29 is 4.43 Å². The first-order valence-electron chi connectivity index (χ1n) is 5.63. The lowest BCUT2D eigenvalue weighted by Crippen LogP contribution is -2.26. The van der Waals surface area contributed by atoms with Crippen LogP contribution in [0, 0.1) is 5.41 Å². The van der Waals surface area contributed by atoms with Crippen molar-refractivity contribution >= 4 is 25.5 Å². The summed E-state index contributed by atoms with van der Waals surface area (Å²) in [5, 5.41) is 2.70. The molecule has 1 atom stereocenters. The molecule has 3 nitrogen and oxygen atoms in total. The van der Waals surface area contributed by atoms with Crippen molar-refractivity contribution in [3.8, 4) is 0 Å². The Hall–Kier alpha value is -0.393. The molecule has 0 aromatic carbocycles. The fourth-order valence-corrected chi connectivity index (χ4v) is 2.72. The maximum Gasteiger partial charge on any atom is 0.180 e. The van der Waals surface area contributed by atoms with Gasteiger partial charge < -0.3 is 10.2 Å². The van der Waals surface area contributed by atoms with E-state index in [0.29, 0.717) is 11.0 Å². The first-order chi connectivity index (χ1) is 7.30. The van der Waals surface area contributed by atoms with E-state index in [1.807, 2.05) is 0 Å². The fraction of sp³-hybridized carbons (Fsp3) is 0.727. The summed E-state index contributed by atoms with van der Waals surface area (Å²) in [6.45, 7) is 11.8. The van der Waals surface area contributed by atoms with E-state index >= 15 is 0 Å². The fourth-order valence-electron chi connectivity index (χ4n) is 1.53. The van der Waals surface area contributed by atoms with Crippen molar-refractivity contribution in [2.75, 3.05) is 12.3 Å². The van der Waals surface area contributed by atoms with Crippen LogP contribution in [0.1, 0.15) is 32.4 Å². The van der Waals surface area contributed by atoms with E-state index in [4.69, 9.17) is 10.2 Å². The molecule has 0 fully saturated rings. The molecule has 0 spiro atoms. The van der Waals surface area contributed by atoms with Crippen molar-refractivity contribution in [2.24, 2.45) is 5.41 Å². The van der Waals surface area contributed by atoms with E-state index in [2.05, 4.69) is 44.2 Å². The average Bonchev–Trinajstić information content (AvgIpc) is 2.49. The minimum Gasteiger partial charge on any atom is -0.420 e. The molecule has 1 heterocycles. The molecule has 1 aromatic rings. The highest BCUT2D eigenvalue weighted by Gasteiger charge is 2.28. The lowest BCUT2D eigenvalue weighted by molar-refractivity contribution is 0.202. The summed E-state index contributed by atoms with van der Waals surface area (Å²) < 4.78 is 5.86. The van der Waals surface area contributed by atoms with Gasteiger partial charge in [0.1, 0.15) is 0 Å². The topological polar surface area (TPSA) is 48.1 Å². The highest BCUT2D eigenvalue weighted by atomic mass is 32.1. The Morgan fingerprint density at radius 1 is 1.50 bits per heavy atom. The number of nitrogens with two attached hydrogens (primary N) is 1. The molecule has 0 radical (unpaired) electrons. The Morgan fingerprint density at radius 3 is 2.50 bits per heavy atom. The molecule has 1 unspecified atom stereocenters. The third-order valence-electron chi connectivity index (χ3n) is 2.54. The van der Waals surface area contributed by atoms with Crippen LogP contribution in [-0.2, 0) is 4.43 Å². The summed E-state index contributed by atoms with van der Waals surface area (Å²) in [5.41, 5.74) is 6.92. The number of thiazole rings is 1. The van der Waals surface area contributed by atoms with Gasteiger partial charge in [-0.25, -0.2) is 4.98 Å². The summed E-state index contributed by atoms with van der Waals surface area (Å²) in [4.78, 5) is 4.39. The number of rotatable bonds is 4. The second-order valence-corrected chi connectivity index (χ2v) is 8.73. The largest absolute Gasteiger partial charge is 0.420 e. The second-order valence-electron chi connectivity index (χ2n) is 5.41. The molecule has 0 aliphatic heterocycles. The summed E-state index contributed by atoms with van der Waals surface area (Å²) >= 11 is 1.51. The Labute approximate surface area is 104 Å². The normalized spacial score (nSPS) is 14.4. The standard InChI is InChI=1S/C11H22N2OSSi/c1-11(2,3)8(6-14-16(4)5)9-7-15-10(12)13-9/h7-8,16H,6H2,1-5H3,(H2,12,13). The van der Waals surface area contributed by atoms with Gasteiger partial charge in [-0.2, -0.15) is 0 Å². The summed E-state index contributed by atoms with van der Waals surface area (Å²) in [7, 11) is -0.971. The van der Waals surface area contributed by atoms with E-state index in [9.17, 15) is 0 Å². The molecule has 5 heteroatoms. The zero-order valence-corrected chi connectivity index (χ0v) is 12.8. The Balaban J connectivity index is 2.80. The molecule has 0 aliphatic rings. The highest BCUT2D eigenvalue weighted by molar-refractivity contribution is 7.13. The van der Waals surface area contributed by atoms with Crippen molar-refractivity contribution in [3.63, 3.8) is 0 Å². The number of aromatic nitrogens is 1. The van der Waals surface area contributed by atoms with E-state index in [0.717, 1.165) is 12.3 Å². The van der Waals surface area contributed by atoms with Gasteiger partial charge in [0.2, 0.25) is 0 Å². The molecule has 1 rings (SSSR count). The molecule has 0 saturated carbocycles. The molecule has 92 valence electrons. The molecule has 16 heavy (non-hydrogen) atoms. The average molecular weight is 258 g/mol. The van der Waals surface area contributed by atoms with E-state index in [1.54, 1.807) is 0 Å². The van der Waals surface area contributed by atoms with Crippen LogP contribution in [0.3, 0.4) is 0 Å². The zero-order valence-electron chi connectivity index (χ0n) is 10.8. The van der Waals surface area contributed by atoms with Crippen LogP contribution in [0.15, 0.2) is 5.38 Å². The maximum atomic E-state index is 5.86. The minimum atomic E-state index is -0.971. The second kappa shape index (κ2) is 5.29. The Kier molecular flexibility index (Phi) is 4.52. The zero-order chi connectivity index (χ0) is 12.3. The van der Waals surface area contributed by atoms with Crippen LogP contribution < -0.4 is 5.73 Å². The van der Waals surface area contributed by atoms with E-state index in [1.165, 1.54) is 11.3 Å². The van der Waals surface area contributed by atoms with Gasteiger partial charge in [-0.1, -0.05) is 20.8 Å². The summed E-state index contributed by atoms with van der Waals surface area (Å²) in [6.07, 6.45) is 0. The highest BCUT2D eigenvalue weighted by Crippen LogP contribution is 2.36. The number of hydrogen-bond acceptors (Lipinski definition) is 4. The molecule has 0 aliphatic carbocycles. The van der Waals surface area contributed by atoms with Crippen LogP contribution >= 0.6 is 11.3 Å². The van der Waals surface area contributed by atoms with Crippen molar-refractivity contribution in [3.05, 3.63) is 11.1 Å². The van der Waals surface area contributed by atoms with Gasteiger partial charge in [0.05, 0.1) is 5.69 Å². The lowest BCUT2D eigenvalue weighted by atomic mass is 9.79. The third-order valence-corrected chi connectivity index (χ3v) is 4.09. The summed E-state index contributed by atoms with van der Waals surface area (Å²) in [6, 6.07) is 0. The lowest BCUT2D eigenvalue weighted by Gasteiger charge is -2.30. The van der Waals surface area contributed by atoms with Crippen molar-refractivity contribution in [1.29, 1.82) is 0 Å². The van der Waals surface area contributed by atoms with Crippen LogP contribution in [0.5, 0.6) is 0 Å². The molecule has 0 bridgehead atoms. The van der Waals surface area contributed by atoms with E-state index in [-0.39, 0.29) is 5.41 Å². The first-order valence-corrected chi connectivity index (χ1v) is 9.29. The monoisotopic (exact) mass is 258 g/mol. The van der Waals surface area contributed by atoms with Gasteiger partial charge in [0.15, 0.2) is 14.2 Å². The van der Waals surface area contributed by atoms with Crippen LogP contribution in [0.2, 0.25) is 13.1 Å². The van der Waals surface area contributed by atoms with Crippen LogP contribution in [-0.4, -0.2) is 20.6 Å². The van der Waals surface area contributed by atoms with Crippen molar-refractivity contribution in [1.82, 2.24) is 4.98 Å². The Morgan fingerprint density at radius 2 is 2.12 bits per heavy atom. The number of nitrogens with zero attached hydrogens (tertiary/aromatic N) is 1. The maximum absolute atomic E-state index is 5.86. The van der Waals surface area contributed by atoms with Gasteiger partial charge in [0, 0.05) is 17.9 Å². The van der Waals surface area contributed by atoms with Gasteiger partial charge >= 0.3 is 0 Å². The van der Waals surface area contributed by atoms with Gasteiger partial charge in [-0.05, 0) is 18.5 Å². The quantitative estimate of drug-likeness (QED) is 0.845. The predicted octanol–water partition coefficient (Wildman–Crippen LogP) is 2.86. The van der Waals surface area contributed by atoms with Gasteiger partial charge in [-0.15, -0.1) is 11.3 Å². The first kappa shape index (κ1) is 13.7. The molecule has 2 N–H and O–H groups in total. The number of anilines is 1. The molecular weight excluding hydrogens is 236 g/mol. The molecular formula is C11H22N2OSSi.